The van der Waals surface area contributed by atoms with Gasteiger partial charge in [-0.2, -0.15) is 0 Å². The van der Waals surface area contributed by atoms with Gasteiger partial charge in [-0.1, -0.05) is 18.2 Å². The molecule has 0 amide bonds. The van der Waals surface area contributed by atoms with E-state index < -0.39 is 10.0 Å². The monoisotopic (exact) mass is 330 g/mol. The Kier molecular flexibility index (Phi) is 4.40. The Morgan fingerprint density at radius 3 is 2.83 bits per heavy atom. The van der Waals surface area contributed by atoms with Gasteiger partial charge in [-0.05, 0) is 30.7 Å². The number of rotatable bonds is 6. The van der Waals surface area contributed by atoms with Crippen LogP contribution in [0.4, 0.5) is 0 Å². The predicted molar refractivity (Wildman–Crippen MR) is 89.3 cm³/mol. The zero-order valence-electron chi connectivity index (χ0n) is 12.8. The molecular formula is C16H18N4O2S. The number of para-hydroxylation sites is 2. The molecule has 1 N–H and O–H groups in total. The first-order valence-electron chi connectivity index (χ1n) is 7.35. The molecule has 0 saturated heterocycles. The van der Waals surface area contributed by atoms with Crippen molar-refractivity contribution in [3.8, 4) is 0 Å². The van der Waals surface area contributed by atoms with Crippen molar-refractivity contribution in [3.63, 3.8) is 0 Å². The van der Waals surface area contributed by atoms with Crippen LogP contribution in [-0.2, 0) is 16.6 Å². The first-order valence-corrected chi connectivity index (χ1v) is 9.00. The number of sulfonamides is 1. The van der Waals surface area contributed by atoms with Crippen molar-refractivity contribution < 1.29 is 8.42 Å². The number of fused-ring (bicyclic) bond motifs is 1. The number of aromatic nitrogens is 3. The first kappa shape index (κ1) is 15.6. The highest BCUT2D eigenvalue weighted by Crippen LogP contribution is 2.13. The molecule has 7 heteroatoms. The van der Waals surface area contributed by atoms with E-state index in [1.54, 1.807) is 31.7 Å². The summed E-state index contributed by atoms with van der Waals surface area (Å²) in [7, 11) is -3.40. The quantitative estimate of drug-likeness (QED) is 0.751. The molecule has 23 heavy (non-hydrogen) atoms. The van der Waals surface area contributed by atoms with Crippen LogP contribution >= 0.6 is 0 Å². The van der Waals surface area contributed by atoms with Gasteiger partial charge in [0.05, 0.1) is 23.1 Å². The van der Waals surface area contributed by atoms with Crippen molar-refractivity contribution in [2.75, 3.05) is 5.75 Å². The maximum absolute atomic E-state index is 12.3. The lowest BCUT2D eigenvalue weighted by atomic mass is 10.2. The van der Waals surface area contributed by atoms with E-state index in [1.165, 1.54) is 0 Å². The Balaban J connectivity index is 1.67. The molecule has 0 bridgehead atoms. The van der Waals surface area contributed by atoms with Gasteiger partial charge in [0.2, 0.25) is 10.0 Å². The molecule has 1 atom stereocenters. The number of nitrogens with one attached hydrogen (secondary N) is 1. The maximum atomic E-state index is 12.3. The van der Waals surface area contributed by atoms with E-state index in [1.807, 2.05) is 34.9 Å². The van der Waals surface area contributed by atoms with Gasteiger partial charge in [-0.25, -0.2) is 18.1 Å². The summed E-state index contributed by atoms with van der Waals surface area (Å²) in [5, 5.41) is 0. The molecule has 0 radical (unpaired) electrons. The first-order chi connectivity index (χ1) is 11.1. The minimum absolute atomic E-state index is 0.00203. The Labute approximate surface area is 135 Å². The van der Waals surface area contributed by atoms with Gasteiger partial charge < -0.3 is 4.57 Å². The van der Waals surface area contributed by atoms with Crippen LogP contribution in [-0.4, -0.2) is 28.7 Å². The molecule has 0 aliphatic heterocycles. The van der Waals surface area contributed by atoms with Gasteiger partial charge in [-0.15, -0.1) is 0 Å². The van der Waals surface area contributed by atoms with Crippen LogP contribution in [0.3, 0.4) is 0 Å². The third-order valence-electron chi connectivity index (χ3n) is 3.67. The number of hydrogen-bond donors (Lipinski definition) is 1. The molecule has 0 fully saturated rings. The zero-order chi connectivity index (χ0) is 16.3. The van der Waals surface area contributed by atoms with Crippen molar-refractivity contribution in [3.05, 3.63) is 60.7 Å². The third kappa shape index (κ3) is 3.75. The summed E-state index contributed by atoms with van der Waals surface area (Å²) < 4.78 is 29.1. The van der Waals surface area contributed by atoms with Crippen LogP contribution in [0.2, 0.25) is 0 Å². The summed E-state index contributed by atoms with van der Waals surface area (Å²) in [5.74, 6) is -0.00203. The molecule has 6 nitrogen and oxygen atoms in total. The van der Waals surface area contributed by atoms with Crippen LogP contribution in [0.5, 0.6) is 0 Å². The van der Waals surface area contributed by atoms with Crippen LogP contribution in [0.1, 0.15) is 18.5 Å². The van der Waals surface area contributed by atoms with Gasteiger partial charge in [0.15, 0.2) is 0 Å². The zero-order valence-corrected chi connectivity index (χ0v) is 13.6. The van der Waals surface area contributed by atoms with Crippen LogP contribution < -0.4 is 4.72 Å². The Morgan fingerprint density at radius 2 is 2.04 bits per heavy atom. The molecule has 120 valence electrons. The molecular weight excluding hydrogens is 312 g/mol. The molecule has 3 aromatic rings. The van der Waals surface area contributed by atoms with Crippen LogP contribution in [0.15, 0.2) is 55.1 Å². The van der Waals surface area contributed by atoms with E-state index in [4.69, 9.17) is 0 Å². The van der Waals surface area contributed by atoms with Crippen molar-refractivity contribution in [1.82, 2.24) is 19.3 Å². The second-order valence-electron chi connectivity index (χ2n) is 5.37. The molecule has 0 spiro atoms. The highest BCUT2D eigenvalue weighted by Gasteiger charge is 2.16. The van der Waals surface area contributed by atoms with Gasteiger partial charge in [0, 0.05) is 25.0 Å². The van der Waals surface area contributed by atoms with Crippen LogP contribution in [0.25, 0.3) is 11.0 Å². The SMILES string of the molecule is C[C@H](NS(=O)(=O)CCn1cnc2ccccc21)c1cccnc1. The van der Waals surface area contributed by atoms with Crippen molar-refractivity contribution in [2.45, 2.75) is 19.5 Å². The van der Waals surface area contributed by atoms with Gasteiger partial charge in [0.1, 0.15) is 0 Å². The summed E-state index contributed by atoms with van der Waals surface area (Å²) >= 11 is 0. The summed E-state index contributed by atoms with van der Waals surface area (Å²) in [5.41, 5.74) is 2.63. The van der Waals surface area contributed by atoms with E-state index in [9.17, 15) is 8.42 Å². The van der Waals surface area contributed by atoms with Crippen LogP contribution in [0, 0.1) is 0 Å². The fourth-order valence-corrected chi connectivity index (χ4v) is 3.67. The lowest BCUT2D eigenvalue weighted by molar-refractivity contribution is 0.561. The predicted octanol–water partition coefficient (Wildman–Crippen LogP) is 2.11. The van der Waals surface area contributed by atoms with E-state index in [0.717, 1.165) is 16.6 Å². The minimum atomic E-state index is -3.40. The topological polar surface area (TPSA) is 76.9 Å². The summed E-state index contributed by atoms with van der Waals surface area (Å²) in [6.07, 6.45) is 5.00. The Morgan fingerprint density at radius 1 is 1.22 bits per heavy atom. The number of pyridine rings is 1. The fourth-order valence-electron chi connectivity index (χ4n) is 2.44. The second-order valence-corrected chi connectivity index (χ2v) is 7.24. The Bertz CT molecular complexity index is 891. The molecule has 0 saturated carbocycles. The molecule has 0 aliphatic rings. The minimum Gasteiger partial charge on any atom is -0.330 e. The molecule has 0 unspecified atom stereocenters. The number of hydrogen-bond acceptors (Lipinski definition) is 4. The van der Waals surface area contributed by atoms with Gasteiger partial charge in [-0.3, -0.25) is 4.98 Å². The maximum Gasteiger partial charge on any atom is 0.213 e. The smallest absolute Gasteiger partial charge is 0.213 e. The highest BCUT2D eigenvalue weighted by atomic mass is 32.2. The third-order valence-corrected chi connectivity index (χ3v) is 5.10. The van der Waals surface area contributed by atoms with E-state index in [2.05, 4.69) is 14.7 Å². The summed E-state index contributed by atoms with van der Waals surface area (Å²) in [6.45, 7) is 2.16. The normalized spacial score (nSPS) is 13.3. The summed E-state index contributed by atoms with van der Waals surface area (Å²) in [6, 6.07) is 11.0. The lowest BCUT2D eigenvalue weighted by Crippen LogP contribution is -2.30. The largest absolute Gasteiger partial charge is 0.330 e. The second kappa shape index (κ2) is 6.47. The highest BCUT2D eigenvalue weighted by molar-refractivity contribution is 7.89. The average molecular weight is 330 g/mol. The lowest BCUT2D eigenvalue weighted by Gasteiger charge is -2.14. The summed E-state index contributed by atoms with van der Waals surface area (Å²) in [4.78, 5) is 8.28. The standard InChI is InChI=1S/C16H18N4O2S/c1-13(14-5-4-8-17-11-14)19-23(21,22)10-9-20-12-18-15-6-2-3-7-16(15)20/h2-8,11-13,19H,9-10H2,1H3/t13-/m0/s1. The molecule has 2 heterocycles. The van der Waals surface area contributed by atoms with Gasteiger partial charge in [0.25, 0.3) is 0 Å². The van der Waals surface area contributed by atoms with E-state index in [0.29, 0.717) is 6.54 Å². The number of imidazole rings is 1. The number of aryl methyl sites for hydroxylation is 1. The Hall–Kier alpha value is -2.25. The van der Waals surface area contributed by atoms with E-state index >= 15 is 0 Å². The molecule has 2 aromatic heterocycles. The van der Waals surface area contributed by atoms with E-state index in [-0.39, 0.29) is 11.8 Å². The van der Waals surface area contributed by atoms with Crippen molar-refractivity contribution in [1.29, 1.82) is 0 Å². The molecule has 0 aliphatic carbocycles. The molecule has 1 aromatic carbocycles. The molecule has 3 rings (SSSR count). The fraction of sp³-hybridized carbons (Fsp3) is 0.250. The van der Waals surface area contributed by atoms with Crippen molar-refractivity contribution >= 4 is 21.1 Å². The van der Waals surface area contributed by atoms with Gasteiger partial charge >= 0.3 is 0 Å². The average Bonchev–Trinajstić information content (AvgIpc) is 2.97. The van der Waals surface area contributed by atoms with Crippen molar-refractivity contribution in [2.24, 2.45) is 0 Å². The number of benzene rings is 1. The number of nitrogens with zero attached hydrogens (tertiary/aromatic N) is 3.